The summed E-state index contributed by atoms with van der Waals surface area (Å²) in [6, 6.07) is 18.3. The molecule has 0 N–H and O–H groups in total. The van der Waals surface area contributed by atoms with Crippen molar-refractivity contribution < 1.29 is 51.0 Å². The fraction of sp³-hybridized carbons (Fsp3) is 0.143. The van der Waals surface area contributed by atoms with Crippen LogP contribution in [-0.2, 0) is 26.2 Å². The average Bonchev–Trinajstić information content (AvgIpc) is 3.20. The number of fused-ring (bicyclic) bond motifs is 3. The molecule has 0 saturated heterocycles. The van der Waals surface area contributed by atoms with Crippen molar-refractivity contribution in [2.75, 3.05) is 0 Å². The van der Waals surface area contributed by atoms with Gasteiger partial charge in [0.2, 0.25) is 0 Å². The van der Waals surface area contributed by atoms with Crippen LogP contribution in [-0.4, -0.2) is 0 Å². The van der Waals surface area contributed by atoms with Gasteiger partial charge in [0, 0.05) is 0 Å². The molecular weight excluding hydrogens is 414 g/mol. The molecule has 2 aromatic carbocycles. The normalized spacial score (nSPS) is 14.8. The van der Waals surface area contributed by atoms with Crippen LogP contribution in [0.3, 0.4) is 0 Å². The SMILES string of the molecule is C=CCC1c2[c-]cccc2-c2ccccc21.[C-]1=CC=CC1.[Cl-].[Cl-].[Zr+4]. The van der Waals surface area contributed by atoms with Crippen LogP contribution < -0.4 is 24.8 Å². The molecule has 0 heterocycles. The van der Waals surface area contributed by atoms with Crippen LogP contribution in [0.5, 0.6) is 0 Å². The second kappa shape index (κ2) is 11.6. The molecule has 0 aromatic heterocycles. The molecule has 0 spiro atoms. The molecule has 120 valence electrons. The van der Waals surface area contributed by atoms with Crippen molar-refractivity contribution in [2.24, 2.45) is 0 Å². The molecule has 1 atom stereocenters. The van der Waals surface area contributed by atoms with Gasteiger partial charge in [0.1, 0.15) is 0 Å². The van der Waals surface area contributed by atoms with E-state index in [0.717, 1.165) is 12.8 Å². The molecule has 1 unspecified atom stereocenters. The maximum Gasteiger partial charge on any atom is 4.00 e. The van der Waals surface area contributed by atoms with Gasteiger partial charge in [-0.05, 0) is 17.9 Å². The summed E-state index contributed by atoms with van der Waals surface area (Å²) in [5, 5.41) is 0. The van der Waals surface area contributed by atoms with Crippen LogP contribution in [0.25, 0.3) is 11.1 Å². The minimum atomic E-state index is 0. The Hall–Kier alpha value is -0.877. The van der Waals surface area contributed by atoms with Crippen LogP contribution in [0.15, 0.2) is 73.3 Å². The molecule has 0 bridgehead atoms. The summed E-state index contributed by atoms with van der Waals surface area (Å²) in [4.78, 5) is 0. The zero-order valence-corrected chi connectivity index (χ0v) is 17.3. The quantitative estimate of drug-likeness (QED) is 0.443. The Balaban J connectivity index is 0.000000578. The van der Waals surface area contributed by atoms with E-state index in [9.17, 15) is 0 Å². The molecular formula is C21H18Cl2Zr. The molecule has 2 aliphatic carbocycles. The first-order valence-electron chi connectivity index (χ1n) is 7.34. The standard InChI is InChI=1S/C16H13.C5H5.2ClH.Zr/c1-2-7-12-13-8-3-5-10-15(13)16-11-6-4-9-14(12)16;1-2-4-5-3-1;;;/h2-6,8,10-12H,1,7H2;1-3H,4H2;2*1H;/q2*-1;;;+4/p-2. The number of halogens is 2. The van der Waals surface area contributed by atoms with Crippen molar-refractivity contribution in [1.82, 2.24) is 0 Å². The van der Waals surface area contributed by atoms with Gasteiger partial charge >= 0.3 is 26.2 Å². The van der Waals surface area contributed by atoms with E-state index in [1.54, 1.807) is 0 Å². The monoisotopic (exact) mass is 430 g/mol. The third-order valence-electron chi connectivity index (χ3n) is 3.85. The first kappa shape index (κ1) is 23.1. The van der Waals surface area contributed by atoms with Crippen LogP contribution in [0.4, 0.5) is 0 Å². The Kier molecular flexibility index (Phi) is 11.2. The largest absolute Gasteiger partial charge is 4.00 e. The van der Waals surface area contributed by atoms with Crippen LogP contribution in [0.1, 0.15) is 29.9 Å². The van der Waals surface area contributed by atoms with Crippen LogP contribution in [0.2, 0.25) is 0 Å². The first-order valence-corrected chi connectivity index (χ1v) is 7.34. The van der Waals surface area contributed by atoms with Crippen LogP contribution in [0, 0.1) is 12.1 Å². The van der Waals surface area contributed by atoms with Gasteiger partial charge < -0.3 is 24.8 Å². The summed E-state index contributed by atoms with van der Waals surface area (Å²) in [5.74, 6) is 0.449. The van der Waals surface area contributed by atoms with E-state index in [1.165, 1.54) is 22.3 Å². The Labute approximate surface area is 176 Å². The van der Waals surface area contributed by atoms with Crippen molar-refractivity contribution in [1.29, 1.82) is 0 Å². The zero-order valence-electron chi connectivity index (χ0n) is 13.3. The third kappa shape index (κ3) is 5.06. The number of benzene rings is 2. The molecule has 0 radical (unpaired) electrons. The van der Waals surface area contributed by atoms with Crippen molar-refractivity contribution in [3.8, 4) is 11.1 Å². The van der Waals surface area contributed by atoms with E-state index < -0.39 is 0 Å². The van der Waals surface area contributed by atoms with Crippen molar-refractivity contribution >= 4 is 0 Å². The average molecular weight is 433 g/mol. The molecule has 2 aromatic rings. The second-order valence-electron chi connectivity index (χ2n) is 5.16. The van der Waals surface area contributed by atoms with Gasteiger partial charge in [-0.15, -0.1) is 24.1 Å². The fourth-order valence-electron chi connectivity index (χ4n) is 2.93. The fourth-order valence-corrected chi connectivity index (χ4v) is 2.93. The Morgan fingerprint density at radius 1 is 1.08 bits per heavy atom. The Bertz CT molecular complexity index is 649. The molecule has 3 heteroatoms. The summed E-state index contributed by atoms with van der Waals surface area (Å²) in [6.07, 6.45) is 13.0. The summed E-state index contributed by atoms with van der Waals surface area (Å²) in [7, 11) is 0. The van der Waals surface area contributed by atoms with Crippen molar-refractivity contribution in [3.63, 3.8) is 0 Å². The predicted molar refractivity (Wildman–Crippen MR) is 88.9 cm³/mol. The molecule has 2 aliphatic rings. The predicted octanol–water partition coefficient (Wildman–Crippen LogP) is -0.514. The van der Waals surface area contributed by atoms with Gasteiger partial charge in [-0.25, -0.2) is 12.2 Å². The maximum atomic E-state index is 3.86. The minimum absolute atomic E-state index is 0. The molecule has 0 nitrogen and oxygen atoms in total. The van der Waals surface area contributed by atoms with Crippen molar-refractivity contribution in [3.05, 3.63) is 96.6 Å². The van der Waals surface area contributed by atoms with E-state index >= 15 is 0 Å². The van der Waals surface area contributed by atoms with Gasteiger partial charge in [-0.3, -0.25) is 6.08 Å². The summed E-state index contributed by atoms with van der Waals surface area (Å²) >= 11 is 0. The molecule has 0 fully saturated rings. The van der Waals surface area contributed by atoms with Crippen molar-refractivity contribution in [2.45, 2.75) is 18.8 Å². The van der Waals surface area contributed by atoms with E-state index in [2.05, 4.69) is 61.2 Å². The maximum absolute atomic E-state index is 3.86. The molecule has 4 rings (SSSR count). The first-order chi connectivity index (χ1) is 10.4. The molecule has 24 heavy (non-hydrogen) atoms. The van der Waals surface area contributed by atoms with E-state index in [-0.39, 0.29) is 51.0 Å². The van der Waals surface area contributed by atoms with E-state index in [0.29, 0.717) is 5.92 Å². The van der Waals surface area contributed by atoms with Gasteiger partial charge in [0.25, 0.3) is 0 Å². The Morgan fingerprint density at radius 3 is 2.46 bits per heavy atom. The smallest absolute Gasteiger partial charge is 1.00 e. The third-order valence-corrected chi connectivity index (χ3v) is 3.85. The minimum Gasteiger partial charge on any atom is -1.00 e. The van der Waals surface area contributed by atoms with Gasteiger partial charge in [-0.2, -0.15) is 30.3 Å². The number of rotatable bonds is 2. The summed E-state index contributed by atoms with van der Waals surface area (Å²) < 4.78 is 0. The molecule has 0 aliphatic heterocycles. The second-order valence-corrected chi connectivity index (χ2v) is 5.16. The number of allylic oxidation sites excluding steroid dienone is 5. The molecule has 0 saturated carbocycles. The van der Waals surface area contributed by atoms with Gasteiger partial charge in [-0.1, -0.05) is 35.9 Å². The number of hydrogen-bond acceptors (Lipinski definition) is 0. The summed E-state index contributed by atoms with van der Waals surface area (Å²) in [5.41, 5.74) is 5.44. The van der Waals surface area contributed by atoms with Gasteiger partial charge in [0.15, 0.2) is 0 Å². The zero-order chi connectivity index (χ0) is 14.5. The Morgan fingerprint density at radius 2 is 1.83 bits per heavy atom. The molecule has 0 amide bonds. The number of hydrogen-bond donors (Lipinski definition) is 0. The van der Waals surface area contributed by atoms with E-state index in [1.807, 2.05) is 24.3 Å². The van der Waals surface area contributed by atoms with Crippen LogP contribution >= 0.6 is 0 Å². The topological polar surface area (TPSA) is 0 Å². The van der Waals surface area contributed by atoms with Gasteiger partial charge in [0.05, 0.1) is 0 Å². The summed E-state index contributed by atoms with van der Waals surface area (Å²) in [6.45, 7) is 3.86. The van der Waals surface area contributed by atoms with E-state index in [4.69, 9.17) is 0 Å².